The van der Waals surface area contributed by atoms with Crippen LogP contribution in [0.5, 0.6) is 0 Å². The minimum Gasteiger partial charge on any atom is -0.324 e. The standard InChI is InChI=1S/C24H20N4O2/c29-22(27-24-25-19-12-6-7-13-20(19)26-24)21-14-17-10-4-5-11-18(17)15-28(21)23(30)16-8-2-1-3-9-16/h1-13,21H,14-15H2,(H2,25,26,27,29)/t21-/m0/s1. The Hall–Kier alpha value is -3.93. The molecule has 0 radical (unpaired) electrons. The summed E-state index contributed by atoms with van der Waals surface area (Å²) in [6.07, 6.45) is 0.459. The number of carbonyl (C=O) groups is 2. The van der Waals surface area contributed by atoms with Gasteiger partial charge in [0, 0.05) is 18.5 Å². The van der Waals surface area contributed by atoms with Crippen LogP contribution in [0.4, 0.5) is 5.95 Å². The van der Waals surface area contributed by atoms with E-state index in [2.05, 4.69) is 15.3 Å². The van der Waals surface area contributed by atoms with Gasteiger partial charge in [0.15, 0.2) is 0 Å². The van der Waals surface area contributed by atoms with Crippen molar-refractivity contribution in [1.29, 1.82) is 0 Å². The molecule has 2 amide bonds. The van der Waals surface area contributed by atoms with E-state index in [1.807, 2.05) is 66.7 Å². The lowest BCUT2D eigenvalue weighted by atomic mass is 9.93. The predicted octanol–water partition coefficient (Wildman–Crippen LogP) is 3.77. The average molecular weight is 396 g/mol. The highest BCUT2D eigenvalue weighted by Gasteiger charge is 2.35. The summed E-state index contributed by atoms with van der Waals surface area (Å²) in [5.74, 6) is -0.0325. The smallest absolute Gasteiger partial charge is 0.254 e. The van der Waals surface area contributed by atoms with E-state index in [9.17, 15) is 9.59 Å². The number of rotatable bonds is 3. The summed E-state index contributed by atoms with van der Waals surface area (Å²) in [5, 5.41) is 2.87. The minimum absolute atomic E-state index is 0.158. The van der Waals surface area contributed by atoms with Crippen LogP contribution in [0.2, 0.25) is 0 Å². The molecule has 1 aromatic heterocycles. The normalized spacial score (nSPS) is 15.6. The van der Waals surface area contributed by atoms with Gasteiger partial charge in [0.2, 0.25) is 11.9 Å². The molecule has 4 aromatic rings. The van der Waals surface area contributed by atoms with E-state index in [0.29, 0.717) is 24.5 Å². The van der Waals surface area contributed by atoms with Crippen LogP contribution in [0.1, 0.15) is 21.5 Å². The SMILES string of the molecule is O=C(Nc1nc2ccccc2[nH]1)[C@@H]1Cc2ccccc2CN1C(=O)c1ccccc1. The van der Waals surface area contributed by atoms with Crippen molar-refractivity contribution in [2.24, 2.45) is 0 Å². The Kier molecular flexibility index (Phi) is 4.52. The molecule has 0 bridgehead atoms. The maximum absolute atomic E-state index is 13.2. The number of nitrogens with one attached hydrogen (secondary N) is 2. The number of imidazole rings is 1. The molecule has 6 heteroatoms. The molecule has 5 rings (SSSR count). The fourth-order valence-corrected chi connectivity index (χ4v) is 3.93. The van der Waals surface area contributed by atoms with Crippen molar-refractivity contribution >= 4 is 28.8 Å². The summed E-state index contributed by atoms with van der Waals surface area (Å²) >= 11 is 0. The van der Waals surface area contributed by atoms with Gasteiger partial charge in [0.1, 0.15) is 6.04 Å². The molecule has 0 saturated heterocycles. The predicted molar refractivity (Wildman–Crippen MR) is 115 cm³/mol. The molecule has 2 N–H and O–H groups in total. The number of aromatic nitrogens is 2. The van der Waals surface area contributed by atoms with Crippen LogP contribution in [0.15, 0.2) is 78.9 Å². The van der Waals surface area contributed by atoms with Gasteiger partial charge in [-0.05, 0) is 35.4 Å². The largest absolute Gasteiger partial charge is 0.324 e. The van der Waals surface area contributed by atoms with E-state index >= 15 is 0 Å². The average Bonchev–Trinajstić information content (AvgIpc) is 3.20. The molecule has 0 fully saturated rings. The lowest BCUT2D eigenvalue weighted by molar-refractivity contribution is -0.121. The molecule has 30 heavy (non-hydrogen) atoms. The fraction of sp³-hybridized carbons (Fsp3) is 0.125. The van der Waals surface area contributed by atoms with Gasteiger partial charge < -0.3 is 9.88 Å². The second kappa shape index (κ2) is 7.48. The van der Waals surface area contributed by atoms with Crippen molar-refractivity contribution in [2.45, 2.75) is 19.0 Å². The van der Waals surface area contributed by atoms with Crippen molar-refractivity contribution in [1.82, 2.24) is 14.9 Å². The van der Waals surface area contributed by atoms with E-state index < -0.39 is 6.04 Å². The fourth-order valence-electron chi connectivity index (χ4n) is 3.93. The first-order valence-corrected chi connectivity index (χ1v) is 9.87. The Morgan fingerprint density at radius 1 is 0.900 bits per heavy atom. The molecule has 0 unspecified atom stereocenters. The first-order chi connectivity index (χ1) is 14.7. The second-order valence-electron chi connectivity index (χ2n) is 7.38. The number of fused-ring (bicyclic) bond motifs is 2. The molecule has 3 aromatic carbocycles. The summed E-state index contributed by atoms with van der Waals surface area (Å²) in [6.45, 7) is 0.391. The van der Waals surface area contributed by atoms with Crippen molar-refractivity contribution in [3.05, 3.63) is 95.6 Å². The topological polar surface area (TPSA) is 78.1 Å². The lowest BCUT2D eigenvalue weighted by Crippen LogP contribution is -2.50. The third-order valence-electron chi connectivity index (χ3n) is 5.46. The molecule has 1 aliphatic rings. The number of anilines is 1. The number of hydrogen-bond acceptors (Lipinski definition) is 3. The Bertz CT molecular complexity index is 1200. The van der Waals surface area contributed by atoms with Gasteiger partial charge in [-0.3, -0.25) is 14.9 Å². The van der Waals surface area contributed by atoms with Crippen LogP contribution in [0.25, 0.3) is 11.0 Å². The number of benzene rings is 3. The van der Waals surface area contributed by atoms with Crippen LogP contribution in [-0.4, -0.2) is 32.7 Å². The first kappa shape index (κ1) is 18.1. The van der Waals surface area contributed by atoms with E-state index in [4.69, 9.17) is 0 Å². The number of H-pyrrole nitrogens is 1. The monoisotopic (exact) mass is 396 g/mol. The number of aromatic amines is 1. The maximum atomic E-state index is 13.2. The Balaban J connectivity index is 1.46. The minimum atomic E-state index is -0.624. The van der Waals surface area contributed by atoms with E-state index in [-0.39, 0.29) is 11.8 Å². The lowest BCUT2D eigenvalue weighted by Gasteiger charge is -2.36. The highest BCUT2D eigenvalue weighted by atomic mass is 16.2. The van der Waals surface area contributed by atoms with Crippen molar-refractivity contribution in [3.63, 3.8) is 0 Å². The summed E-state index contributed by atoms with van der Waals surface area (Å²) in [7, 11) is 0. The van der Waals surface area contributed by atoms with Gasteiger partial charge in [-0.2, -0.15) is 0 Å². The Morgan fingerprint density at radius 2 is 1.60 bits per heavy atom. The van der Waals surface area contributed by atoms with Gasteiger partial charge in [0.05, 0.1) is 11.0 Å². The highest BCUT2D eigenvalue weighted by Crippen LogP contribution is 2.26. The molecule has 6 nitrogen and oxygen atoms in total. The van der Waals surface area contributed by atoms with Gasteiger partial charge in [-0.25, -0.2) is 4.98 Å². The van der Waals surface area contributed by atoms with E-state index in [0.717, 1.165) is 22.2 Å². The summed E-state index contributed by atoms with van der Waals surface area (Å²) in [6, 6.07) is 24.0. The van der Waals surface area contributed by atoms with Crippen LogP contribution < -0.4 is 5.32 Å². The molecule has 1 atom stereocenters. The van der Waals surface area contributed by atoms with Gasteiger partial charge in [-0.1, -0.05) is 54.6 Å². The zero-order valence-corrected chi connectivity index (χ0v) is 16.2. The third kappa shape index (κ3) is 3.33. The number of hydrogen-bond donors (Lipinski definition) is 2. The first-order valence-electron chi connectivity index (χ1n) is 9.87. The van der Waals surface area contributed by atoms with Crippen LogP contribution in [-0.2, 0) is 17.8 Å². The third-order valence-corrected chi connectivity index (χ3v) is 5.46. The molecule has 148 valence electrons. The van der Waals surface area contributed by atoms with Gasteiger partial charge in [-0.15, -0.1) is 0 Å². The number of para-hydroxylation sites is 2. The van der Waals surface area contributed by atoms with Crippen molar-refractivity contribution in [3.8, 4) is 0 Å². The Labute approximate surface area is 173 Å². The molecule has 0 aliphatic carbocycles. The number of nitrogens with zero attached hydrogens (tertiary/aromatic N) is 2. The molecule has 2 heterocycles. The second-order valence-corrected chi connectivity index (χ2v) is 7.38. The molecular weight excluding hydrogens is 376 g/mol. The molecule has 0 spiro atoms. The summed E-state index contributed by atoms with van der Waals surface area (Å²) in [4.78, 5) is 35.7. The van der Waals surface area contributed by atoms with Crippen molar-refractivity contribution in [2.75, 3.05) is 5.32 Å². The molecule has 0 saturated carbocycles. The van der Waals surface area contributed by atoms with Crippen LogP contribution in [0, 0.1) is 0 Å². The zero-order chi connectivity index (χ0) is 20.5. The number of carbonyl (C=O) groups excluding carboxylic acids is 2. The summed E-state index contributed by atoms with van der Waals surface area (Å²) in [5.41, 5.74) is 4.34. The molecular formula is C24H20N4O2. The van der Waals surface area contributed by atoms with E-state index in [1.54, 1.807) is 17.0 Å². The quantitative estimate of drug-likeness (QED) is 0.553. The maximum Gasteiger partial charge on any atom is 0.254 e. The van der Waals surface area contributed by atoms with E-state index in [1.165, 1.54) is 0 Å². The van der Waals surface area contributed by atoms with Crippen molar-refractivity contribution < 1.29 is 9.59 Å². The van der Waals surface area contributed by atoms with Crippen LogP contribution >= 0.6 is 0 Å². The number of amides is 2. The zero-order valence-electron chi connectivity index (χ0n) is 16.2. The molecule has 1 aliphatic heterocycles. The van der Waals surface area contributed by atoms with Crippen LogP contribution in [0.3, 0.4) is 0 Å². The van der Waals surface area contributed by atoms with Gasteiger partial charge in [0.25, 0.3) is 5.91 Å². The highest BCUT2D eigenvalue weighted by molar-refractivity contribution is 6.01. The Morgan fingerprint density at radius 3 is 2.40 bits per heavy atom. The van der Waals surface area contributed by atoms with Gasteiger partial charge >= 0.3 is 0 Å². The summed E-state index contributed by atoms with van der Waals surface area (Å²) < 4.78 is 0.